The fourth-order valence-electron chi connectivity index (χ4n) is 3.55. The van der Waals surface area contributed by atoms with Gasteiger partial charge in [-0.15, -0.1) is 0 Å². The van der Waals surface area contributed by atoms with E-state index in [0.717, 1.165) is 22.9 Å². The van der Waals surface area contributed by atoms with Crippen LogP contribution in [-0.4, -0.2) is 43.3 Å². The standard InChI is InChI=1S/C24H24FN5O4S/c1-14-3-9-18(25)19(13-14)28-24(31)27-16-6-4-15(5-7-16)17-8-10-20(34-11-12-35(2,32)33)22-21(17)23(26)30-29-22/h3-10,13H,11-12H2,1-2H3,(H3,26,29,30)(H2,27,28,31). The zero-order chi connectivity index (χ0) is 25.2. The Kier molecular flexibility index (Phi) is 6.61. The van der Waals surface area contributed by atoms with Gasteiger partial charge in [-0.2, -0.15) is 5.10 Å². The monoisotopic (exact) mass is 497 g/mol. The first-order valence-corrected chi connectivity index (χ1v) is 12.7. The Morgan fingerprint density at radius 2 is 1.86 bits per heavy atom. The minimum absolute atomic E-state index is 0.00108. The van der Waals surface area contributed by atoms with E-state index in [9.17, 15) is 17.6 Å². The lowest BCUT2D eigenvalue weighted by atomic mass is 10.0. The Bertz CT molecular complexity index is 1500. The van der Waals surface area contributed by atoms with E-state index in [4.69, 9.17) is 10.5 Å². The lowest BCUT2D eigenvalue weighted by Gasteiger charge is -2.11. The summed E-state index contributed by atoms with van der Waals surface area (Å²) in [5, 5.41) is 12.7. The highest BCUT2D eigenvalue weighted by atomic mass is 32.2. The van der Waals surface area contributed by atoms with Crippen molar-refractivity contribution in [2.24, 2.45) is 0 Å². The number of benzene rings is 3. The molecule has 0 spiro atoms. The molecule has 1 heterocycles. The summed E-state index contributed by atoms with van der Waals surface area (Å²) in [5.74, 6) is 0.0742. The van der Waals surface area contributed by atoms with E-state index in [2.05, 4.69) is 20.8 Å². The topological polar surface area (TPSA) is 139 Å². The summed E-state index contributed by atoms with van der Waals surface area (Å²) < 4.78 is 42.3. The predicted molar refractivity (Wildman–Crippen MR) is 135 cm³/mol. The molecule has 0 aliphatic heterocycles. The molecule has 0 saturated carbocycles. The first kappa shape index (κ1) is 24.0. The van der Waals surface area contributed by atoms with Crippen LogP contribution < -0.4 is 21.1 Å². The number of nitrogens with one attached hydrogen (secondary N) is 3. The van der Waals surface area contributed by atoms with Crippen LogP contribution in [0, 0.1) is 12.7 Å². The van der Waals surface area contributed by atoms with Crippen molar-refractivity contribution in [1.29, 1.82) is 0 Å². The number of sulfone groups is 1. The van der Waals surface area contributed by atoms with E-state index in [1.165, 1.54) is 6.07 Å². The number of nitrogens with zero attached hydrogens (tertiary/aromatic N) is 1. The number of urea groups is 1. The van der Waals surface area contributed by atoms with Crippen molar-refractivity contribution >= 4 is 44.0 Å². The van der Waals surface area contributed by atoms with Gasteiger partial charge in [0, 0.05) is 11.9 Å². The molecule has 0 aliphatic rings. The molecule has 0 atom stereocenters. The van der Waals surface area contributed by atoms with E-state index in [0.29, 0.717) is 22.3 Å². The number of H-pyrrole nitrogens is 1. The second kappa shape index (κ2) is 9.63. The number of rotatable bonds is 7. The number of anilines is 3. The third kappa shape index (κ3) is 5.69. The van der Waals surface area contributed by atoms with Crippen molar-refractivity contribution in [2.75, 3.05) is 35.0 Å². The van der Waals surface area contributed by atoms with Crippen LogP contribution in [0.5, 0.6) is 5.75 Å². The number of aromatic amines is 1. The second-order valence-electron chi connectivity index (χ2n) is 8.09. The highest BCUT2D eigenvalue weighted by Gasteiger charge is 2.15. The summed E-state index contributed by atoms with van der Waals surface area (Å²) in [6, 6.07) is 14.4. The average molecular weight is 498 g/mol. The lowest BCUT2D eigenvalue weighted by Crippen LogP contribution is -2.20. The number of aromatic nitrogens is 2. The zero-order valence-corrected chi connectivity index (χ0v) is 19.9. The molecule has 0 fully saturated rings. The average Bonchev–Trinajstić information content (AvgIpc) is 3.18. The fraction of sp³-hybridized carbons (Fsp3) is 0.167. The molecule has 9 nitrogen and oxygen atoms in total. The number of ether oxygens (including phenoxy) is 1. The van der Waals surface area contributed by atoms with Gasteiger partial charge in [0.1, 0.15) is 23.7 Å². The quantitative estimate of drug-likeness (QED) is 0.300. The first-order valence-electron chi connectivity index (χ1n) is 10.6. The molecule has 5 N–H and O–H groups in total. The molecule has 0 unspecified atom stereocenters. The molecular weight excluding hydrogens is 473 g/mol. The van der Waals surface area contributed by atoms with Crippen LogP contribution in [0.15, 0.2) is 54.6 Å². The lowest BCUT2D eigenvalue weighted by molar-refractivity contribution is 0.262. The molecule has 35 heavy (non-hydrogen) atoms. The summed E-state index contributed by atoms with van der Waals surface area (Å²) in [7, 11) is -3.16. The third-order valence-electron chi connectivity index (χ3n) is 5.25. The fourth-order valence-corrected chi connectivity index (χ4v) is 3.94. The van der Waals surface area contributed by atoms with Gasteiger partial charge < -0.3 is 21.1 Å². The normalized spacial score (nSPS) is 11.4. The van der Waals surface area contributed by atoms with Gasteiger partial charge in [-0.3, -0.25) is 5.10 Å². The molecule has 0 radical (unpaired) electrons. The SMILES string of the molecule is Cc1ccc(F)c(NC(=O)Nc2ccc(-c3ccc(OCCS(C)(=O)=O)c4[nH]nc(N)c34)cc2)c1. The Balaban J connectivity index is 1.52. The van der Waals surface area contributed by atoms with Gasteiger partial charge in [-0.25, -0.2) is 17.6 Å². The number of hydrogen-bond donors (Lipinski definition) is 4. The van der Waals surface area contributed by atoms with E-state index < -0.39 is 21.7 Å². The Morgan fingerprint density at radius 3 is 2.57 bits per heavy atom. The summed E-state index contributed by atoms with van der Waals surface area (Å²) in [5.41, 5.74) is 9.64. The van der Waals surface area contributed by atoms with Crippen LogP contribution in [0.2, 0.25) is 0 Å². The number of nitrogens with two attached hydrogens (primary N) is 1. The minimum atomic E-state index is -3.16. The second-order valence-corrected chi connectivity index (χ2v) is 10.3. The number of halogens is 1. The summed E-state index contributed by atoms with van der Waals surface area (Å²) in [6.07, 6.45) is 1.15. The van der Waals surface area contributed by atoms with Crippen LogP contribution in [0.1, 0.15) is 5.56 Å². The number of carbonyl (C=O) groups is 1. The van der Waals surface area contributed by atoms with Gasteiger partial charge in [0.25, 0.3) is 0 Å². The van der Waals surface area contributed by atoms with E-state index in [1.54, 1.807) is 55.5 Å². The molecule has 0 saturated heterocycles. The van der Waals surface area contributed by atoms with E-state index in [1.807, 2.05) is 0 Å². The van der Waals surface area contributed by atoms with Gasteiger partial charge in [-0.05, 0) is 60.0 Å². The molecule has 182 valence electrons. The maximum atomic E-state index is 13.9. The maximum Gasteiger partial charge on any atom is 0.323 e. The summed E-state index contributed by atoms with van der Waals surface area (Å²) in [6.45, 7) is 1.81. The molecule has 3 aromatic carbocycles. The van der Waals surface area contributed by atoms with Crippen LogP contribution in [0.3, 0.4) is 0 Å². The Labute approximate surface area is 201 Å². The Morgan fingerprint density at radius 1 is 1.11 bits per heavy atom. The number of fused-ring (bicyclic) bond motifs is 1. The van der Waals surface area contributed by atoms with Crippen LogP contribution >= 0.6 is 0 Å². The van der Waals surface area contributed by atoms with Crippen molar-refractivity contribution < 1.29 is 22.3 Å². The number of hydrogen-bond acceptors (Lipinski definition) is 6. The van der Waals surface area contributed by atoms with Crippen LogP contribution in [0.4, 0.5) is 26.4 Å². The van der Waals surface area contributed by atoms with E-state index >= 15 is 0 Å². The van der Waals surface area contributed by atoms with Gasteiger partial charge in [-0.1, -0.05) is 18.2 Å². The van der Waals surface area contributed by atoms with Crippen molar-refractivity contribution in [2.45, 2.75) is 6.92 Å². The molecule has 0 aliphatic carbocycles. The number of aryl methyl sites for hydroxylation is 1. The minimum Gasteiger partial charge on any atom is -0.490 e. The van der Waals surface area contributed by atoms with Crippen LogP contribution in [0.25, 0.3) is 22.0 Å². The van der Waals surface area contributed by atoms with Crippen LogP contribution in [-0.2, 0) is 9.84 Å². The smallest absolute Gasteiger partial charge is 0.323 e. The zero-order valence-electron chi connectivity index (χ0n) is 19.1. The molecule has 1 aromatic heterocycles. The molecule has 0 bridgehead atoms. The molecular formula is C24H24FN5O4S. The third-order valence-corrected chi connectivity index (χ3v) is 6.16. The molecule has 2 amide bonds. The van der Waals surface area contributed by atoms with Crippen molar-refractivity contribution in [3.8, 4) is 16.9 Å². The van der Waals surface area contributed by atoms with Crippen molar-refractivity contribution in [3.63, 3.8) is 0 Å². The highest BCUT2D eigenvalue weighted by molar-refractivity contribution is 7.90. The van der Waals surface area contributed by atoms with Crippen molar-refractivity contribution in [3.05, 3.63) is 66.0 Å². The van der Waals surface area contributed by atoms with Gasteiger partial charge >= 0.3 is 6.03 Å². The number of amides is 2. The van der Waals surface area contributed by atoms with Gasteiger partial charge in [0.15, 0.2) is 15.7 Å². The molecule has 4 aromatic rings. The van der Waals surface area contributed by atoms with E-state index in [-0.39, 0.29) is 23.9 Å². The Hall–Kier alpha value is -4.12. The number of carbonyl (C=O) groups excluding carboxylic acids is 1. The van der Waals surface area contributed by atoms with Gasteiger partial charge in [0.05, 0.1) is 16.8 Å². The van der Waals surface area contributed by atoms with Crippen molar-refractivity contribution in [1.82, 2.24) is 10.2 Å². The predicted octanol–water partition coefficient (Wildman–Crippen LogP) is 4.33. The molecule has 11 heteroatoms. The largest absolute Gasteiger partial charge is 0.490 e. The van der Waals surface area contributed by atoms with Gasteiger partial charge in [0.2, 0.25) is 0 Å². The summed E-state index contributed by atoms with van der Waals surface area (Å²) >= 11 is 0. The summed E-state index contributed by atoms with van der Waals surface area (Å²) in [4.78, 5) is 12.3. The molecule has 4 rings (SSSR count). The first-order chi connectivity index (χ1) is 16.6. The number of nitrogen functional groups attached to an aromatic ring is 1. The highest BCUT2D eigenvalue weighted by Crippen LogP contribution is 2.36. The maximum absolute atomic E-state index is 13.9.